The van der Waals surface area contributed by atoms with Crippen LogP contribution >= 0.6 is 15.9 Å². The van der Waals surface area contributed by atoms with E-state index in [-0.39, 0.29) is 12.2 Å². The molecule has 122 valence electrons. The number of carbonyl (C=O) groups excluding carboxylic acids is 2. The first-order chi connectivity index (χ1) is 11.5. The van der Waals surface area contributed by atoms with Gasteiger partial charge in [0.15, 0.2) is 6.61 Å². The predicted molar refractivity (Wildman–Crippen MR) is 86.4 cm³/mol. The molecule has 2 amide bonds. The van der Waals surface area contributed by atoms with Gasteiger partial charge >= 0.3 is 0 Å². The Labute approximate surface area is 145 Å². The Balaban J connectivity index is 1.83. The minimum Gasteiger partial charge on any atom is -0.484 e. The fourth-order valence-corrected chi connectivity index (χ4v) is 2.04. The lowest BCUT2D eigenvalue weighted by molar-refractivity contribution is -0.123. The highest BCUT2D eigenvalue weighted by Crippen LogP contribution is 2.15. The van der Waals surface area contributed by atoms with Gasteiger partial charge in [-0.05, 0) is 42.5 Å². The first kappa shape index (κ1) is 17.4. The molecule has 0 heterocycles. The van der Waals surface area contributed by atoms with Gasteiger partial charge in [-0.3, -0.25) is 20.4 Å². The maximum absolute atomic E-state index is 13.5. The maximum Gasteiger partial charge on any atom is 0.276 e. The van der Waals surface area contributed by atoms with Crippen LogP contribution in [0.25, 0.3) is 0 Å². The van der Waals surface area contributed by atoms with Crippen LogP contribution < -0.4 is 15.6 Å². The van der Waals surface area contributed by atoms with E-state index < -0.39 is 17.6 Å². The highest BCUT2D eigenvalue weighted by molar-refractivity contribution is 9.10. The minimum atomic E-state index is -0.791. The SMILES string of the molecule is N#Cc1ccc(OCC(=O)NNC(=O)c2cc(Br)ccc2F)cc1. The van der Waals surface area contributed by atoms with E-state index in [0.717, 1.165) is 6.07 Å². The molecular formula is C16H11BrFN3O3. The number of nitriles is 1. The van der Waals surface area contributed by atoms with Crippen molar-refractivity contribution < 1.29 is 18.7 Å². The Kier molecular flexibility index (Phi) is 5.87. The number of benzene rings is 2. The summed E-state index contributed by atoms with van der Waals surface area (Å²) in [6, 6.07) is 12.0. The molecule has 0 aliphatic heterocycles. The Hall–Kier alpha value is -2.92. The first-order valence-electron chi connectivity index (χ1n) is 6.67. The molecule has 0 bridgehead atoms. The summed E-state index contributed by atoms with van der Waals surface area (Å²) < 4.78 is 19.3. The Morgan fingerprint density at radius 1 is 1.17 bits per heavy atom. The van der Waals surface area contributed by atoms with E-state index in [9.17, 15) is 14.0 Å². The zero-order valence-corrected chi connectivity index (χ0v) is 13.8. The molecule has 0 aliphatic carbocycles. The number of hydrogen-bond acceptors (Lipinski definition) is 4. The van der Waals surface area contributed by atoms with Crippen LogP contribution in [-0.2, 0) is 4.79 Å². The van der Waals surface area contributed by atoms with Crippen molar-refractivity contribution in [1.29, 1.82) is 5.26 Å². The van der Waals surface area contributed by atoms with Crippen molar-refractivity contribution >= 4 is 27.7 Å². The van der Waals surface area contributed by atoms with Gasteiger partial charge in [-0.15, -0.1) is 0 Å². The average molecular weight is 392 g/mol. The molecule has 0 saturated heterocycles. The van der Waals surface area contributed by atoms with Crippen LogP contribution in [0.3, 0.4) is 0 Å². The molecule has 0 atom stereocenters. The normalized spacial score (nSPS) is 9.71. The third-order valence-electron chi connectivity index (χ3n) is 2.84. The topological polar surface area (TPSA) is 91.2 Å². The summed E-state index contributed by atoms with van der Waals surface area (Å²) in [5, 5.41) is 8.67. The summed E-state index contributed by atoms with van der Waals surface area (Å²) in [6.07, 6.45) is 0. The van der Waals surface area contributed by atoms with Crippen molar-refractivity contribution in [2.75, 3.05) is 6.61 Å². The summed E-state index contributed by atoms with van der Waals surface area (Å²) in [4.78, 5) is 23.4. The molecule has 2 N–H and O–H groups in total. The molecule has 0 spiro atoms. The van der Waals surface area contributed by atoms with E-state index in [1.54, 1.807) is 24.3 Å². The fourth-order valence-electron chi connectivity index (χ4n) is 1.68. The number of halogens is 2. The van der Waals surface area contributed by atoms with Crippen molar-refractivity contribution in [1.82, 2.24) is 10.9 Å². The zero-order chi connectivity index (χ0) is 17.5. The molecular weight excluding hydrogens is 381 g/mol. The van der Waals surface area contributed by atoms with E-state index in [2.05, 4.69) is 26.8 Å². The third-order valence-corrected chi connectivity index (χ3v) is 3.34. The van der Waals surface area contributed by atoms with Crippen molar-refractivity contribution in [2.45, 2.75) is 0 Å². The van der Waals surface area contributed by atoms with Gasteiger partial charge in [-0.1, -0.05) is 15.9 Å². The van der Waals surface area contributed by atoms with E-state index in [1.807, 2.05) is 6.07 Å². The van der Waals surface area contributed by atoms with E-state index in [0.29, 0.717) is 15.8 Å². The fraction of sp³-hybridized carbons (Fsp3) is 0.0625. The third kappa shape index (κ3) is 4.79. The second-order valence-electron chi connectivity index (χ2n) is 4.55. The van der Waals surface area contributed by atoms with Crippen molar-refractivity contribution in [2.24, 2.45) is 0 Å². The summed E-state index contributed by atoms with van der Waals surface area (Å²) in [5.74, 6) is -1.73. The molecule has 2 rings (SSSR count). The van der Waals surface area contributed by atoms with Gasteiger partial charge in [0.25, 0.3) is 11.8 Å². The molecule has 2 aromatic rings. The monoisotopic (exact) mass is 391 g/mol. The molecule has 0 aromatic heterocycles. The number of amides is 2. The number of hydrazine groups is 1. The molecule has 0 aliphatic rings. The van der Waals surface area contributed by atoms with Gasteiger partial charge in [0.05, 0.1) is 17.2 Å². The molecule has 0 saturated carbocycles. The number of hydrogen-bond donors (Lipinski definition) is 2. The number of nitrogens with one attached hydrogen (secondary N) is 2. The molecule has 0 fully saturated rings. The summed E-state index contributed by atoms with van der Waals surface area (Å²) in [5.41, 5.74) is 4.48. The highest BCUT2D eigenvalue weighted by Gasteiger charge is 2.13. The van der Waals surface area contributed by atoms with E-state index in [1.165, 1.54) is 12.1 Å². The smallest absolute Gasteiger partial charge is 0.276 e. The quantitative estimate of drug-likeness (QED) is 0.782. The molecule has 8 heteroatoms. The van der Waals surface area contributed by atoms with Gasteiger partial charge < -0.3 is 4.74 Å². The first-order valence-corrected chi connectivity index (χ1v) is 7.46. The van der Waals surface area contributed by atoms with Crippen LogP contribution in [-0.4, -0.2) is 18.4 Å². The van der Waals surface area contributed by atoms with Crippen molar-refractivity contribution in [3.63, 3.8) is 0 Å². The van der Waals surface area contributed by atoms with Crippen LogP contribution in [0, 0.1) is 17.1 Å². The van der Waals surface area contributed by atoms with Gasteiger partial charge in [-0.2, -0.15) is 5.26 Å². The number of ether oxygens (including phenoxy) is 1. The lowest BCUT2D eigenvalue weighted by Gasteiger charge is -2.09. The van der Waals surface area contributed by atoms with Crippen LogP contribution in [0.15, 0.2) is 46.9 Å². The second kappa shape index (κ2) is 8.08. The summed E-state index contributed by atoms with van der Waals surface area (Å²) in [7, 11) is 0. The van der Waals surface area contributed by atoms with Crippen LogP contribution in [0.1, 0.15) is 15.9 Å². The van der Waals surface area contributed by atoms with Crippen LogP contribution in [0.4, 0.5) is 4.39 Å². The standard InChI is InChI=1S/C16H11BrFN3O3/c17-11-3-6-14(18)13(7-11)16(23)21-20-15(22)9-24-12-4-1-10(8-19)2-5-12/h1-7H,9H2,(H,20,22)(H,21,23). The molecule has 0 radical (unpaired) electrons. The van der Waals surface area contributed by atoms with Crippen molar-refractivity contribution in [3.05, 3.63) is 63.9 Å². The average Bonchev–Trinajstić information content (AvgIpc) is 2.60. The lowest BCUT2D eigenvalue weighted by Crippen LogP contribution is -2.44. The predicted octanol–water partition coefficient (Wildman–Crippen LogP) is 2.30. The summed E-state index contributed by atoms with van der Waals surface area (Å²) >= 11 is 3.13. The van der Waals surface area contributed by atoms with Crippen LogP contribution in [0.5, 0.6) is 5.75 Å². The molecule has 6 nitrogen and oxygen atoms in total. The van der Waals surface area contributed by atoms with E-state index >= 15 is 0 Å². The number of carbonyl (C=O) groups is 2. The maximum atomic E-state index is 13.5. The molecule has 2 aromatic carbocycles. The van der Waals surface area contributed by atoms with Crippen molar-refractivity contribution in [3.8, 4) is 11.8 Å². The minimum absolute atomic E-state index is 0.210. The zero-order valence-electron chi connectivity index (χ0n) is 12.2. The Bertz CT molecular complexity index is 803. The van der Waals surface area contributed by atoms with Crippen LogP contribution in [0.2, 0.25) is 0 Å². The molecule has 24 heavy (non-hydrogen) atoms. The van der Waals surface area contributed by atoms with Gasteiger partial charge in [0, 0.05) is 4.47 Å². The lowest BCUT2D eigenvalue weighted by atomic mass is 10.2. The number of rotatable bonds is 4. The highest BCUT2D eigenvalue weighted by atomic mass is 79.9. The summed E-state index contributed by atoms with van der Waals surface area (Å²) in [6.45, 7) is -0.354. The van der Waals surface area contributed by atoms with Gasteiger partial charge in [0.2, 0.25) is 0 Å². The Morgan fingerprint density at radius 3 is 2.54 bits per heavy atom. The molecule has 0 unspecified atom stereocenters. The Morgan fingerprint density at radius 2 is 1.88 bits per heavy atom. The largest absolute Gasteiger partial charge is 0.484 e. The second-order valence-corrected chi connectivity index (χ2v) is 5.47. The van der Waals surface area contributed by atoms with E-state index in [4.69, 9.17) is 10.00 Å². The van der Waals surface area contributed by atoms with Gasteiger partial charge in [0.1, 0.15) is 11.6 Å². The van der Waals surface area contributed by atoms with Gasteiger partial charge in [-0.25, -0.2) is 4.39 Å². The number of nitrogens with zero attached hydrogens (tertiary/aromatic N) is 1.